The Balaban J connectivity index is 1.17. The normalized spacial score (nSPS) is 14.2. The highest BCUT2D eigenvalue weighted by molar-refractivity contribution is 6.26. The Morgan fingerprint density at radius 2 is 1.05 bits per heavy atom. The minimum Gasteiger partial charge on any atom is -0.252 e. The summed E-state index contributed by atoms with van der Waals surface area (Å²) in [5.41, 5.74) is 18.9. The highest BCUT2D eigenvalue weighted by Crippen LogP contribution is 2.48. The number of para-hydroxylation sites is 1. The molecule has 0 amide bonds. The zero-order valence-corrected chi connectivity index (χ0v) is 36.4. The Bertz CT molecular complexity index is 3480. The van der Waals surface area contributed by atoms with Gasteiger partial charge < -0.3 is 0 Å². The number of fused-ring (bicyclic) bond motifs is 5. The van der Waals surface area contributed by atoms with Gasteiger partial charge in [-0.25, -0.2) is 0 Å². The summed E-state index contributed by atoms with van der Waals surface area (Å²) < 4.78 is 0. The van der Waals surface area contributed by atoms with Crippen LogP contribution in [0.4, 0.5) is 5.69 Å². The van der Waals surface area contributed by atoms with E-state index in [1.165, 1.54) is 115 Å². The van der Waals surface area contributed by atoms with Crippen molar-refractivity contribution >= 4 is 60.1 Å². The van der Waals surface area contributed by atoms with Gasteiger partial charge in [0.25, 0.3) is 0 Å². The fourth-order valence-electron chi connectivity index (χ4n) is 10.2. The minimum absolute atomic E-state index is 0.354. The molecule has 63 heavy (non-hydrogen) atoms. The Hall–Kier alpha value is -7.35. The molecule has 0 fully saturated rings. The number of aliphatic imine (C=N–C) groups is 1. The first-order chi connectivity index (χ1) is 30.9. The SMILES string of the molecule is C/C(Cc1ccccc1C)=C(\C)c1ccc2c(-c3cccc4ccccc34)c3cc(-c4ccc(C5=Nc6ccccc6CC5C)cc4)ccc3c(-c3cccc4ccccc34)c2c1. The molecule has 0 saturated heterocycles. The van der Waals surface area contributed by atoms with Crippen molar-refractivity contribution in [2.75, 3.05) is 0 Å². The number of hydrogen-bond donors (Lipinski definition) is 0. The summed E-state index contributed by atoms with van der Waals surface area (Å²) >= 11 is 0. The van der Waals surface area contributed by atoms with Crippen molar-refractivity contribution in [3.05, 3.63) is 228 Å². The number of benzene rings is 10. The van der Waals surface area contributed by atoms with E-state index in [1.807, 2.05) is 0 Å². The predicted molar refractivity (Wildman–Crippen MR) is 271 cm³/mol. The summed E-state index contributed by atoms with van der Waals surface area (Å²) in [6.45, 7) is 9.12. The Morgan fingerprint density at radius 1 is 0.492 bits per heavy atom. The highest BCUT2D eigenvalue weighted by Gasteiger charge is 2.23. The van der Waals surface area contributed by atoms with E-state index in [9.17, 15) is 0 Å². The molecule has 1 heterocycles. The number of nitrogens with zero attached hydrogens (tertiary/aromatic N) is 1. The summed E-state index contributed by atoms with van der Waals surface area (Å²) in [7, 11) is 0. The molecular formula is C62H49N. The zero-order chi connectivity index (χ0) is 42.6. The molecule has 11 rings (SSSR count). The van der Waals surface area contributed by atoms with E-state index in [4.69, 9.17) is 4.99 Å². The summed E-state index contributed by atoms with van der Waals surface area (Å²) in [4.78, 5) is 5.16. The third-order valence-corrected chi connectivity index (χ3v) is 13.8. The van der Waals surface area contributed by atoms with Crippen LogP contribution in [0.1, 0.15) is 48.6 Å². The lowest BCUT2D eigenvalue weighted by Gasteiger charge is -2.22. The van der Waals surface area contributed by atoms with Crippen LogP contribution in [0.2, 0.25) is 0 Å². The first-order valence-electron chi connectivity index (χ1n) is 22.4. The average molecular weight is 808 g/mol. The Labute approximate surface area is 370 Å². The second-order valence-electron chi connectivity index (χ2n) is 17.6. The van der Waals surface area contributed by atoms with Gasteiger partial charge in [-0.1, -0.05) is 188 Å². The number of aryl methyl sites for hydroxylation is 1. The van der Waals surface area contributed by atoms with Crippen molar-refractivity contribution in [2.45, 2.75) is 40.5 Å². The smallest absolute Gasteiger partial charge is 0.0665 e. The van der Waals surface area contributed by atoms with Gasteiger partial charge in [-0.15, -0.1) is 0 Å². The van der Waals surface area contributed by atoms with Crippen LogP contribution < -0.4 is 0 Å². The van der Waals surface area contributed by atoms with Gasteiger partial charge >= 0.3 is 0 Å². The second kappa shape index (κ2) is 15.8. The van der Waals surface area contributed by atoms with E-state index in [1.54, 1.807) is 0 Å². The van der Waals surface area contributed by atoms with E-state index in [0.29, 0.717) is 5.92 Å². The molecular weight excluding hydrogens is 759 g/mol. The van der Waals surface area contributed by atoms with Gasteiger partial charge in [-0.2, -0.15) is 0 Å². The molecule has 10 aromatic rings. The standard InChI is InChI=1S/C62H49N/c1-39-15-5-6-18-47(39)35-40(2)42(4)48-31-33-55-57(37-48)60(53-24-13-20-44-16-7-10-22-51(44)53)56-34-32-49(38-58(56)61(55)54-25-14-21-45-17-8-11-23-52(45)54)43-27-29-46(30-28-43)62-41(3)36-50-19-9-12-26-59(50)63-62/h5-34,37-38,41H,35-36H2,1-4H3/b42-40-. The van der Waals surface area contributed by atoms with Crippen LogP contribution in [0.5, 0.6) is 0 Å². The quantitative estimate of drug-likeness (QED) is 0.142. The summed E-state index contributed by atoms with van der Waals surface area (Å²) in [6.07, 6.45) is 1.94. The van der Waals surface area contributed by atoms with Crippen molar-refractivity contribution in [1.82, 2.24) is 0 Å². The maximum Gasteiger partial charge on any atom is 0.0665 e. The van der Waals surface area contributed by atoms with Crippen LogP contribution in [0, 0.1) is 12.8 Å². The summed E-state index contributed by atoms with van der Waals surface area (Å²) in [6, 6.07) is 72.2. The van der Waals surface area contributed by atoms with Crippen LogP contribution in [-0.4, -0.2) is 5.71 Å². The van der Waals surface area contributed by atoms with Crippen LogP contribution in [0.15, 0.2) is 205 Å². The van der Waals surface area contributed by atoms with Gasteiger partial charge in [-0.3, -0.25) is 4.99 Å². The molecule has 0 N–H and O–H groups in total. The zero-order valence-electron chi connectivity index (χ0n) is 36.4. The van der Waals surface area contributed by atoms with E-state index in [2.05, 4.69) is 222 Å². The van der Waals surface area contributed by atoms with Crippen molar-refractivity contribution in [3.63, 3.8) is 0 Å². The monoisotopic (exact) mass is 807 g/mol. The van der Waals surface area contributed by atoms with Crippen molar-refractivity contribution in [1.29, 1.82) is 0 Å². The van der Waals surface area contributed by atoms with Crippen LogP contribution >= 0.6 is 0 Å². The molecule has 0 bridgehead atoms. The van der Waals surface area contributed by atoms with Gasteiger partial charge in [0.2, 0.25) is 0 Å². The fourth-order valence-corrected chi connectivity index (χ4v) is 10.2. The second-order valence-corrected chi connectivity index (χ2v) is 17.6. The first kappa shape index (κ1) is 38.6. The molecule has 1 nitrogen and oxygen atoms in total. The molecule has 302 valence electrons. The van der Waals surface area contributed by atoms with Crippen molar-refractivity contribution in [3.8, 4) is 33.4 Å². The molecule has 0 aromatic heterocycles. The lowest BCUT2D eigenvalue weighted by Crippen LogP contribution is -2.18. The lowest BCUT2D eigenvalue weighted by molar-refractivity contribution is 0.755. The average Bonchev–Trinajstić information content (AvgIpc) is 3.33. The highest BCUT2D eigenvalue weighted by atomic mass is 14.8. The van der Waals surface area contributed by atoms with Gasteiger partial charge in [-0.05, 0) is 162 Å². The molecule has 1 heteroatoms. The third-order valence-electron chi connectivity index (χ3n) is 13.8. The van der Waals surface area contributed by atoms with Gasteiger partial charge in [0.1, 0.15) is 0 Å². The molecule has 1 unspecified atom stereocenters. The number of rotatable bonds is 7. The third kappa shape index (κ3) is 6.86. The maximum absolute atomic E-state index is 5.16. The lowest BCUT2D eigenvalue weighted by atomic mass is 9.81. The minimum atomic E-state index is 0.354. The van der Waals surface area contributed by atoms with E-state index < -0.39 is 0 Å². The molecule has 0 spiro atoms. The van der Waals surface area contributed by atoms with E-state index >= 15 is 0 Å². The van der Waals surface area contributed by atoms with E-state index in [0.717, 1.165) is 24.2 Å². The first-order valence-corrected chi connectivity index (χ1v) is 22.4. The Kier molecular flexibility index (Phi) is 9.70. The summed E-state index contributed by atoms with van der Waals surface area (Å²) in [5.74, 6) is 0.354. The van der Waals surface area contributed by atoms with E-state index in [-0.39, 0.29) is 0 Å². The Morgan fingerprint density at radius 3 is 1.75 bits per heavy atom. The van der Waals surface area contributed by atoms with Gasteiger partial charge in [0.15, 0.2) is 0 Å². The predicted octanol–water partition coefficient (Wildman–Crippen LogP) is 17.0. The largest absolute Gasteiger partial charge is 0.252 e. The topological polar surface area (TPSA) is 12.4 Å². The fraction of sp³-hybridized carbons (Fsp3) is 0.113. The van der Waals surface area contributed by atoms with Crippen LogP contribution in [0.25, 0.3) is 82.0 Å². The summed E-state index contributed by atoms with van der Waals surface area (Å²) in [5, 5.41) is 10.0. The molecule has 0 radical (unpaired) electrons. The molecule has 1 aliphatic heterocycles. The van der Waals surface area contributed by atoms with Crippen LogP contribution in [0.3, 0.4) is 0 Å². The van der Waals surface area contributed by atoms with Crippen molar-refractivity contribution in [2.24, 2.45) is 10.9 Å². The van der Waals surface area contributed by atoms with Gasteiger partial charge in [0.05, 0.1) is 11.4 Å². The maximum atomic E-state index is 5.16. The van der Waals surface area contributed by atoms with Crippen molar-refractivity contribution < 1.29 is 0 Å². The molecule has 1 atom stereocenters. The van der Waals surface area contributed by atoms with Crippen LogP contribution in [-0.2, 0) is 12.8 Å². The molecule has 1 aliphatic rings. The van der Waals surface area contributed by atoms with Gasteiger partial charge in [0, 0.05) is 5.92 Å². The number of allylic oxidation sites excluding steroid dienone is 2. The molecule has 0 saturated carbocycles. The molecule has 10 aromatic carbocycles. The molecule has 0 aliphatic carbocycles. The number of hydrogen-bond acceptors (Lipinski definition) is 1.